The Morgan fingerprint density at radius 2 is 1.64 bits per heavy atom. The summed E-state index contributed by atoms with van der Waals surface area (Å²) in [4.78, 5) is 19.9. The molecule has 0 atom stereocenters. The zero-order valence-electron chi connectivity index (χ0n) is 15.1. The van der Waals surface area contributed by atoms with Crippen molar-refractivity contribution in [2.45, 2.75) is 20.0 Å². The number of carbonyl (C=O) groups is 1. The van der Waals surface area contributed by atoms with Crippen molar-refractivity contribution >= 4 is 28.9 Å². The number of alkyl halides is 3. The Morgan fingerprint density at radius 3 is 2.29 bits per heavy atom. The number of nitrogens with one attached hydrogen (secondary N) is 2. The molecule has 0 radical (unpaired) electrons. The molecule has 8 heteroatoms. The molecule has 28 heavy (non-hydrogen) atoms. The molecule has 1 heterocycles. The summed E-state index contributed by atoms with van der Waals surface area (Å²) in [6.07, 6.45) is -4.42. The van der Waals surface area contributed by atoms with Crippen LogP contribution in [0.4, 0.5) is 36.3 Å². The van der Waals surface area contributed by atoms with E-state index < -0.39 is 11.7 Å². The standard InChI is InChI=1S/C20H17F3N4O/c1-12-10-18(25-17-5-3-4-15(11-17)20(21,22)23)27-19(24-12)26-16-8-6-14(7-9-16)13(2)28/h3-11H,1-2H3,(H2,24,25,26,27). The minimum Gasteiger partial charge on any atom is -0.340 e. The highest BCUT2D eigenvalue weighted by atomic mass is 19.4. The van der Waals surface area contributed by atoms with Crippen LogP contribution in [0.25, 0.3) is 0 Å². The molecule has 0 bridgehead atoms. The number of nitrogens with zero attached hydrogens (tertiary/aromatic N) is 2. The van der Waals surface area contributed by atoms with Crippen molar-refractivity contribution in [3.05, 3.63) is 71.4 Å². The molecular weight excluding hydrogens is 369 g/mol. The van der Waals surface area contributed by atoms with Crippen LogP contribution < -0.4 is 10.6 Å². The molecular formula is C20H17F3N4O. The maximum absolute atomic E-state index is 12.9. The van der Waals surface area contributed by atoms with Gasteiger partial charge in [0.15, 0.2) is 5.78 Å². The summed E-state index contributed by atoms with van der Waals surface area (Å²) in [5.41, 5.74) is 1.42. The first-order valence-electron chi connectivity index (χ1n) is 8.39. The predicted octanol–water partition coefficient (Wildman–Crippen LogP) is 5.49. The number of carbonyl (C=O) groups excluding carboxylic acids is 1. The van der Waals surface area contributed by atoms with Crippen molar-refractivity contribution < 1.29 is 18.0 Å². The molecule has 3 aromatic rings. The molecule has 5 nitrogen and oxygen atoms in total. The number of aryl methyl sites for hydroxylation is 1. The number of aromatic nitrogens is 2. The Hall–Kier alpha value is -3.42. The van der Waals surface area contributed by atoms with Gasteiger partial charge in [-0.15, -0.1) is 0 Å². The molecule has 0 aliphatic heterocycles. The molecule has 1 aromatic heterocycles. The van der Waals surface area contributed by atoms with Gasteiger partial charge in [0.1, 0.15) is 5.82 Å². The van der Waals surface area contributed by atoms with Crippen molar-refractivity contribution in [3.8, 4) is 0 Å². The summed E-state index contributed by atoms with van der Waals surface area (Å²) in [6, 6.07) is 13.3. The van der Waals surface area contributed by atoms with Gasteiger partial charge in [-0.25, -0.2) is 4.98 Å². The highest BCUT2D eigenvalue weighted by molar-refractivity contribution is 5.94. The lowest BCUT2D eigenvalue weighted by Crippen LogP contribution is -2.06. The summed E-state index contributed by atoms with van der Waals surface area (Å²) in [5, 5.41) is 5.89. The second kappa shape index (κ2) is 7.67. The van der Waals surface area contributed by atoms with Crippen LogP contribution in [-0.2, 0) is 6.18 Å². The van der Waals surface area contributed by atoms with Crippen LogP contribution in [0.2, 0.25) is 0 Å². The third-order valence-electron chi connectivity index (χ3n) is 3.86. The number of hydrogen-bond donors (Lipinski definition) is 2. The van der Waals surface area contributed by atoms with Gasteiger partial charge in [0.25, 0.3) is 0 Å². The van der Waals surface area contributed by atoms with Crippen LogP contribution in [0.3, 0.4) is 0 Å². The van der Waals surface area contributed by atoms with E-state index in [1.807, 2.05) is 0 Å². The second-order valence-electron chi connectivity index (χ2n) is 6.18. The van der Waals surface area contributed by atoms with Gasteiger partial charge in [-0.2, -0.15) is 18.2 Å². The lowest BCUT2D eigenvalue weighted by atomic mass is 10.1. The monoisotopic (exact) mass is 386 g/mol. The van der Waals surface area contributed by atoms with Gasteiger partial charge in [-0.3, -0.25) is 4.79 Å². The van der Waals surface area contributed by atoms with E-state index in [2.05, 4.69) is 20.6 Å². The van der Waals surface area contributed by atoms with E-state index in [4.69, 9.17) is 0 Å². The average Bonchev–Trinajstić information content (AvgIpc) is 2.61. The van der Waals surface area contributed by atoms with E-state index in [1.54, 1.807) is 37.3 Å². The Balaban J connectivity index is 1.81. The lowest BCUT2D eigenvalue weighted by Gasteiger charge is -2.12. The lowest BCUT2D eigenvalue weighted by molar-refractivity contribution is -0.137. The molecule has 2 N–H and O–H groups in total. The van der Waals surface area contributed by atoms with Crippen LogP contribution >= 0.6 is 0 Å². The smallest absolute Gasteiger partial charge is 0.340 e. The van der Waals surface area contributed by atoms with E-state index in [0.29, 0.717) is 22.8 Å². The summed E-state index contributed by atoms with van der Waals surface area (Å²) in [5.74, 6) is 0.602. The van der Waals surface area contributed by atoms with E-state index in [9.17, 15) is 18.0 Å². The van der Waals surface area contributed by atoms with Crippen LogP contribution in [0, 0.1) is 6.92 Å². The highest BCUT2D eigenvalue weighted by Gasteiger charge is 2.30. The third-order valence-corrected chi connectivity index (χ3v) is 3.86. The molecule has 0 aliphatic carbocycles. The highest BCUT2D eigenvalue weighted by Crippen LogP contribution is 2.31. The van der Waals surface area contributed by atoms with E-state index >= 15 is 0 Å². The Kier molecular flexibility index (Phi) is 5.30. The maximum atomic E-state index is 12.9. The molecule has 0 saturated heterocycles. The fraction of sp³-hybridized carbons (Fsp3) is 0.150. The SMILES string of the molecule is CC(=O)c1ccc(Nc2nc(C)cc(Nc3cccc(C(F)(F)F)c3)n2)cc1. The third kappa shape index (κ3) is 4.85. The number of benzene rings is 2. The average molecular weight is 386 g/mol. The molecule has 0 spiro atoms. The van der Waals surface area contributed by atoms with Gasteiger partial charge in [-0.05, 0) is 56.3 Å². The number of hydrogen-bond acceptors (Lipinski definition) is 5. The number of anilines is 4. The summed E-state index contributed by atoms with van der Waals surface area (Å²) < 4.78 is 38.6. The van der Waals surface area contributed by atoms with E-state index in [1.165, 1.54) is 19.1 Å². The number of Topliss-reactive ketones (excluding diaryl/α,β-unsaturated/α-hetero) is 1. The first kappa shape index (κ1) is 19.3. The maximum Gasteiger partial charge on any atom is 0.416 e. The molecule has 0 fully saturated rings. The van der Waals surface area contributed by atoms with Crippen molar-refractivity contribution in [3.63, 3.8) is 0 Å². The molecule has 0 unspecified atom stereocenters. The molecule has 0 amide bonds. The number of rotatable bonds is 5. The number of halogens is 3. The van der Waals surface area contributed by atoms with Crippen molar-refractivity contribution in [1.29, 1.82) is 0 Å². The predicted molar refractivity (Wildman–Crippen MR) is 101 cm³/mol. The topological polar surface area (TPSA) is 66.9 Å². The van der Waals surface area contributed by atoms with Crippen molar-refractivity contribution in [2.75, 3.05) is 10.6 Å². The van der Waals surface area contributed by atoms with Gasteiger partial charge >= 0.3 is 6.18 Å². The van der Waals surface area contributed by atoms with Crippen LogP contribution in [0.1, 0.15) is 28.5 Å². The van der Waals surface area contributed by atoms with Gasteiger partial charge in [0.05, 0.1) is 5.56 Å². The number of ketones is 1. The minimum atomic E-state index is -4.42. The quantitative estimate of drug-likeness (QED) is 0.567. The Labute approximate surface area is 159 Å². The van der Waals surface area contributed by atoms with E-state index in [-0.39, 0.29) is 17.4 Å². The largest absolute Gasteiger partial charge is 0.416 e. The molecule has 144 valence electrons. The van der Waals surface area contributed by atoms with E-state index in [0.717, 1.165) is 12.1 Å². The molecule has 0 aliphatic rings. The zero-order valence-corrected chi connectivity index (χ0v) is 15.1. The van der Waals surface area contributed by atoms with Crippen molar-refractivity contribution in [2.24, 2.45) is 0 Å². The normalized spacial score (nSPS) is 11.2. The molecule has 0 saturated carbocycles. The van der Waals surface area contributed by atoms with Gasteiger partial charge in [0.2, 0.25) is 5.95 Å². The van der Waals surface area contributed by atoms with Gasteiger partial charge in [0, 0.05) is 28.7 Å². The van der Waals surface area contributed by atoms with Gasteiger partial charge < -0.3 is 10.6 Å². The zero-order chi connectivity index (χ0) is 20.3. The van der Waals surface area contributed by atoms with Crippen LogP contribution in [0.5, 0.6) is 0 Å². The Bertz CT molecular complexity index is 1000. The minimum absolute atomic E-state index is 0.0362. The van der Waals surface area contributed by atoms with Crippen LogP contribution in [0.15, 0.2) is 54.6 Å². The summed E-state index contributed by atoms with van der Waals surface area (Å²) in [7, 11) is 0. The first-order valence-corrected chi connectivity index (χ1v) is 8.39. The van der Waals surface area contributed by atoms with Gasteiger partial charge in [-0.1, -0.05) is 6.07 Å². The summed E-state index contributed by atoms with van der Waals surface area (Å²) >= 11 is 0. The fourth-order valence-corrected chi connectivity index (χ4v) is 2.53. The first-order chi connectivity index (χ1) is 13.2. The van der Waals surface area contributed by atoms with Crippen LogP contribution in [-0.4, -0.2) is 15.8 Å². The second-order valence-corrected chi connectivity index (χ2v) is 6.18. The summed E-state index contributed by atoms with van der Waals surface area (Å²) in [6.45, 7) is 3.24. The Morgan fingerprint density at radius 1 is 0.929 bits per heavy atom. The fourth-order valence-electron chi connectivity index (χ4n) is 2.53. The molecule has 2 aromatic carbocycles. The van der Waals surface area contributed by atoms with Crippen molar-refractivity contribution in [1.82, 2.24) is 9.97 Å². The molecule has 3 rings (SSSR count).